The van der Waals surface area contributed by atoms with Crippen LogP contribution >= 0.6 is 0 Å². The average Bonchev–Trinajstić information content (AvgIpc) is 2.22. The molecule has 1 aliphatic carbocycles. The molecule has 1 saturated carbocycles. The largest absolute Gasteiger partial charge is 0.326 e. The Bertz CT molecular complexity index is 112. The van der Waals surface area contributed by atoms with E-state index in [-0.39, 0.29) is 0 Å². The third-order valence-electron chi connectivity index (χ3n) is 2.79. The predicted molar refractivity (Wildman–Crippen MR) is 37.1 cm³/mol. The lowest BCUT2D eigenvalue weighted by Gasteiger charge is -2.26. The van der Waals surface area contributed by atoms with E-state index in [0.29, 0.717) is 6.04 Å². The van der Waals surface area contributed by atoms with Gasteiger partial charge in [-0.1, -0.05) is 0 Å². The zero-order valence-electron chi connectivity index (χ0n) is 5.88. The fraction of sp³-hybridized carbons (Fsp3) is 1.00. The van der Waals surface area contributed by atoms with Gasteiger partial charge in [-0.15, -0.1) is 0 Å². The van der Waals surface area contributed by atoms with Gasteiger partial charge in [0.2, 0.25) is 0 Å². The number of piperidine rings is 1. The maximum atomic E-state index is 5.87. The Hall–Kier alpha value is -0.0800. The second kappa shape index (κ2) is 1.70. The Kier molecular flexibility index (Phi) is 1.08. The molecule has 2 aliphatic rings. The van der Waals surface area contributed by atoms with Gasteiger partial charge in [-0.2, -0.15) is 0 Å². The van der Waals surface area contributed by atoms with Crippen LogP contribution in [0.2, 0.25) is 0 Å². The molecule has 2 unspecified atom stereocenters. The van der Waals surface area contributed by atoms with E-state index in [2.05, 4.69) is 11.9 Å². The van der Waals surface area contributed by atoms with Gasteiger partial charge in [0.1, 0.15) is 0 Å². The van der Waals surface area contributed by atoms with Crippen molar-refractivity contribution < 1.29 is 0 Å². The van der Waals surface area contributed by atoms with Crippen molar-refractivity contribution >= 4 is 0 Å². The van der Waals surface area contributed by atoms with Gasteiger partial charge in [-0.25, -0.2) is 0 Å². The molecule has 0 amide bonds. The average molecular weight is 126 g/mol. The topological polar surface area (TPSA) is 29.3 Å². The Labute approximate surface area is 56.0 Å². The molecule has 0 aromatic carbocycles. The summed E-state index contributed by atoms with van der Waals surface area (Å²) in [4.78, 5) is 2.40. The number of rotatable bonds is 0. The molecule has 1 saturated heterocycles. The Morgan fingerprint density at radius 2 is 2.22 bits per heavy atom. The van der Waals surface area contributed by atoms with Gasteiger partial charge in [-0.3, -0.25) is 0 Å². The molecule has 2 nitrogen and oxygen atoms in total. The van der Waals surface area contributed by atoms with Gasteiger partial charge in [0.15, 0.2) is 0 Å². The third-order valence-corrected chi connectivity index (χ3v) is 2.79. The van der Waals surface area contributed by atoms with E-state index in [0.717, 1.165) is 12.0 Å². The smallest absolute Gasteiger partial charge is 0.0247 e. The summed E-state index contributed by atoms with van der Waals surface area (Å²) in [6.07, 6.45) is 2.63. The van der Waals surface area contributed by atoms with Crippen molar-refractivity contribution in [1.29, 1.82) is 0 Å². The molecular weight excluding hydrogens is 112 g/mol. The first kappa shape index (κ1) is 5.69. The number of likely N-dealkylation sites (N-methyl/N-ethyl adjacent to an activating group) is 1. The molecule has 3 atom stereocenters. The summed E-state index contributed by atoms with van der Waals surface area (Å²) in [6.45, 7) is 1.29. The molecule has 52 valence electrons. The molecule has 2 rings (SSSR count). The van der Waals surface area contributed by atoms with Crippen molar-refractivity contribution in [1.82, 2.24) is 4.90 Å². The summed E-state index contributed by atoms with van der Waals surface area (Å²) in [5, 5.41) is 0. The molecule has 0 aromatic rings. The summed E-state index contributed by atoms with van der Waals surface area (Å²) in [5.41, 5.74) is 5.87. The van der Waals surface area contributed by atoms with Crippen molar-refractivity contribution in [2.45, 2.75) is 24.9 Å². The fourth-order valence-corrected chi connectivity index (χ4v) is 2.35. The van der Waals surface area contributed by atoms with E-state index in [1.807, 2.05) is 0 Å². The monoisotopic (exact) mass is 126 g/mol. The van der Waals surface area contributed by atoms with Crippen LogP contribution in [0.1, 0.15) is 12.8 Å². The van der Waals surface area contributed by atoms with Gasteiger partial charge in [0.25, 0.3) is 0 Å². The minimum Gasteiger partial charge on any atom is -0.326 e. The van der Waals surface area contributed by atoms with Gasteiger partial charge in [0, 0.05) is 18.6 Å². The van der Waals surface area contributed by atoms with Crippen LogP contribution in [-0.4, -0.2) is 30.6 Å². The number of likely N-dealkylation sites (tertiary alicyclic amines) is 1. The van der Waals surface area contributed by atoms with Crippen LogP contribution in [0.4, 0.5) is 0 Å². The lowest BCUT2D eigenvalue weighted by molar-refractivity contribution is 0.235. The second-order valence-corrected chi connectivity index (χ2v) is 3.51. The van der Waals surface area contributed by atoms with Crippen LogP contribution in [0.5, 0.6) is 0 Å². The maximum absolute atomic E-state index is 5.87. The van der Waals surface area contributed by atoms with Crippen molar-refractivity contribution in [3.8, 4) is 0 Å². The van der Waals surface area contributed by atoms with Gasteiger partial charge < -0.3 is 10.6 Å². The first-order valence-electron chi connectivity index (χ1n) is 3.73. The van der Waals surface area contributed by atoms with Gasteiger partial charge in [0.05, 0.1) is 0 Å². The third kappa shape index (κ3) is 0.700. The first-order valence-corrected chi connectivity index (χ1v) is 3.73. The van der Waals surface area contributed by atoms with E-state index in [1.165, 1.54) is 19.4 Å². The zero-order valence-corrected chi connectivity index (χ0v) is 5.88. The molecule has 0 radical (unpaired) electrons. The quantitative estimate of drug-likeness (QED) is 0.496. The SMILES string of the molecule is CN1CC2CC1[C@H](N)C2. The highest BCUT2D eigenvalue weighted by molar-refractivity contribution is 4.98. The molecule has 9 heavy (non-hydrogen) atoms. The molecule has 0 spiro atoms. The number of nitrogens with two attached hydrogens (primary N) is 1. The van der Waals surface area contributed by atoms with E-state index in [1.54, 1.807) is 0 Å². The minimum atomic E-state index is 0.480. The van der Waals surface area contributed by atoms with Crippen LogP contribution < -0.4 is 5.73 Å². The Balaban J connectivity index is 2.13. The first-order chi connectivity index (χ1) is 4.27. The van der Waals surface area contributed by atoms with Gasteiger partial charge in [-0.05, 0) is 25.8 Å². The zero-order chi connectivity index (χ0) is 6.43. The highest BCUT2D eigenvalue weighted by atomic mass is 15.2. The van der Waals surface area contributed by atoms with E-state index < -0.39 is 0 Å². The van der Waals surface area contributed by atoms with Crippen molar-refractivity contribution in [2.75, 3.05) is 13.6 Å². The summed E-state index contributed by atoms with van der Waals surface area (Å²) in [5.74, 6) is 0.926. The number of fused-ring (bicyclic) bond motifs is 2. The maximum Gasteiger partial charge on any atom is 0.0247 e. The van der Waals surface area contributed by atoms with Crippen LogP contribution in [0.15, 0.2) is 0 Å². The van der Waals surface area contributed by atoms with Gasteiger partial charge >= 0.3 is 0 Å². The van der Waals surface area contributed by atoms with Crippen molar-refractivity contribution in [2.24, 2.45) is 11.7 Å². The highest BCUT2D eigenvalue weighted by Crippen LogP contribution is 2.35. The molecule has 0 aromatic heterocycles. The van der Waals surface area contributed by atoms with Crippen LogP contribution in [-0.2, 0) is 0 Å². The molecular formula is C7H14N2. The molecule has 1 aliphatic heterocycles. The van der Waals surface area contributed by atoms with E-state index >= 15 is 0 Å². The fourth-order valence-electron chi connectivity index (χ4n) is 2.35. The number of hydrogen-bond acceptors (Lipinski definition) is 2. The van der Waals surface area contributed by atoms with Crippen LogP contribution in [0, 0.1) is 5.92 Å². The van der Waals surface area contributed by atoms with Crippen LogP contribution in [0.25, 0.3) is 0 Å². The lowest BCUT2D eigenvalue weighted by atomic mass is 10.1. The molecule has 2 N–H and O–H groups in total. The normalized spacial score (nSPS) is 50.7. The van der Waals surface area contributed by atoms with Crippen LogP contribution in [0.3, 0.4) is 0 Å². The summed E-state index contributed by atoms with van der Waals surface area (Å²) in [6, 6.07) is 1.20. The van der Waals surface area contributed by atoms with Crippen molar-refractivity contribution in [3.63, 3.8) is 0 Å². The van der Waals surface area contributed by atoms with E-state index in [9.17, 15) is 0 Å². The Morgan fingerprint density at radius 1 is 1.44 bits per heavy atom. The molecule has 2 fully saturated rings. The van der Waals surface area contributed by atoms with E-state index in [4.69, 9.17) is 5.73 Å². The predicted octanol–water partition coefficient (Wildman–Crippen LogP) is 0.0377. The number of nitrogens with zero attached hydrogens (tertiary/aromatic N) is 1. The molecule has 2 bridgehead atoms. The summed E-state index contributed by atoms with van der Waals surface area (Å²) < 4.78 is 0. The highest BCUT2D eigenvalue weighted by Gasteiger charge is 2.40. The van der Waals surface area contributed by atoms with Crippen molar-refractivity contribution in [3.05, 3.63) is 0 Å². The number of hydrogen-bond donors (Lipinski definition) is 1. The molecule has 2 heteroatoms. The lowest BCUT2D eigenvalue weighted by Crippen LogP contribution is -2.43. The Morgan fingerprint density at radius 3 is 2.56 bits per heavy atom. The second-order valence-electron chi connectivity index (χ2n) is 3.51. The summed E-state index contributed by atoms with van der Waals surface area (Å²) >= 11 is 0. The molecule has 1 heterocycles. The standard InChI is InChI=1S/C7H14N2/c1-9-4-5-2-6(8)7(9)3-5/h5-7H,2-4,8H2,1H3/t5?,6-,7?/m1/s1. The summed E-state index contributed by atoms with van der Waals surface area (Å²) in [7, 11) is 2.18. The minimum absolute atomic E-state index is 0.480.